The van der Waals surface area contributed by atoms with Crippen molar-refractivity contribution in [3.63, 3.8) is 0 Å². The van der Waals surface area contributed by atoms with Gasteiger partial charge in [-0.2, -0.15) is 13.2 Å². The SMILES string of the molecule is CCOC(=O)C(N)(c1c[nH]c2ccc(C(=O)OC)cc12)C(F)(F)F. The number of aromatic amines is 1. The van der Waals surface area contributed by atoms with Crippen LogP contribution in [0.25, 0.3) is 10.9 Å². The number of carbonyl (C=O) groups is 2. The van der Waals surface area contributed by atoms with Crippen molar-refractivity contribution in [2.24, 2.45) is 5.73 Å². The van der Waals surface area contributed by atoms with Crippen LogP contribution in [0.3, 0.4) is 0 Å². The summed E-state index contributed by atoms with van der Waals surface area (Å²) in [6.45, 7) is 1.11. The third-order valence-electron chi connectivity index (χ3n) is 3.57. The Labute approximate surface area is 134 Å². The minimum atomic E-state index is -5.10. The highest BCUT2D eigenvalue weighted by Crippen LogP contribution is 2.41. The number of esters is 2. The van der Waals surface area contributed by atoms with E-state index in [1.54, 1.807) is 0 Å². The number of methoxy groups -OCH3 is 1. The molecule has 1 aromatic heterocycles. The molecule has 9 heteroatoms. The molecule has 0 saturated heterocycles. The highest BCUT2D eigenvalue weighted by Gasteiger charge is 2.61. The Morgan fingerprint density at radius 2 is 1.96 bits per heavy atom. The first-order valence-electron chi connectivity index (χ1n) is 6.89. The number of carbonyl (C=O) groups excluding carboxylic acids is 2. The maximum Gasteiger partial charge on any atom is 0.421 e. The smallest absolute Gasteiger partial charge is 0.421 e. The van der Waals surface area contributed by atoms with Gasteiger partial charge < -0.3 is 20.2 Å². The Bertz CT molecular complexity index is 785. The zero-order valence-electron chi connectivity index (χ0n) is 12.9. The zero-order chi connectivity index (χ0) is 18.1. The molecule has 1 aromatic carbocycles. The van der Waals surface area contributed by atoms with E-state index in [0.29, 0.717) is 0 Å². The summed E-state index contributed by atoms with van der Waals surface area (Å²) in [6, 6.07) is 3.96. The van der Waals surface area contributed by atoms with Crippen molar-refractivity contribution in [1.82, 2.24) is 4.98 Å². The molecule has 6 nitrogen and oxygen atoms in total. The van der Waals surface area contributed by atoms with Crippen molar-refractivity contribution < 1.29 is 32.2 Å². The number of ether oxygens (including phenoxy) is 2. The Morgan fingerprint density at radius 3 is 2.50 bits per heavy atom. The molecular weight excluding hydrogens is 329 g/mol. The molecule has 0 bridgehead atoms. The lowest BCUT2D eigenvalue weighted by molar-refractivity contribution is -0.208. The van der Waals surface area contributed by atoms with E-state index in [4.69, 9.17) is 5.73 Å². The van der Waals surface area contributed by atoms with Gasteiger partial charge in [-0.15, -0.1) is 0 Å². The molecule has 1 atom stereocenters. The number of hydrogen-bond acceptors (Lipinski definition) is 5. The molecule has 0 radical (unpaired) electrons. The fourth-order valence-corrected chi connectivity index (χ4v) is 2.32. The number of benzene rings is 1. The van der Waals surface area contributed by atoms with Crippen LogP contribution in [0.15, 0.2) is 24.4 Å². The van der Waals surface area contributed by atoms with Crippen LogP contribution < -0.4 is 5.73 Å². The van der Waals surface area contributed by atoms with Crippen LogP contribution in [0, 0.1) is 0 Å². The molecule has 0 aliphatic rings. The standard InChI is InChI=1S/C15H15F3N2O4/c1-3-24-13(22)14(19,15(16,17)18)10-7-20-11-5-4-8(6-9(10)11)12(21)23-2/h4-7,20H,3,19H2,1-2H3. The van der Waals surface area contributed by atoms with E-state index in [9.17, 15) is 22.8 Å². The molecule has 24 heavy (non-hydrogen) atoms. The second kappa shape index (κ2) is 6.16. The molecule has 3 N–H and O–H groups in total. The lowest BCUT2D eigenvalue weighted by Crippen LogP contribution is -2.57. The topological polar surface area (TPSA) is 94.4 Å². The average Bonchev–Trinajstić information content (AvgIpc) is 2.95. The van der Waals surface area contributed by atoms with Gasteiger partial charge in [-0.3, -0.25) is 0 Å². The predicted molar refractivity (Wildman–Crippen MR) is 78.2 cm³/mol. The summed E-state index contributed by atoms with van der Waals surface area (Å²) in [5, 5.41) is -0.0224. The summed E-state index contributed by atoms with van der Waals surface area (Å²) in [6.07, 6.45) is -4.12. The van der Waals surface area contributed by atoms with Crippen molar-refractivity contribution in [1.29, 1.82) is 0 Å². The number of halogens is 3. The lowest BCUT2D eigenvalue weighted by Gasteiger charge is -2.29. The molecule has 0 saturated carbocycles. The Morgan fingerprint density at radius 1 is 1.29 bits per heavy atom. The molecule has 1 heterocycles. The Balaban J connectivity index is 2.71. The van der Waals surface area contributed by atoms with Gasteiger partial charge in [0.25, 0.3) is 0 Å². The number of alkyl halides is 3. The maximum atomic E-state index is 13.6. The van der Waals surface area contributed by atoms with Gasteiger partial charge >= 0.3 is 18.1 Å². The number of rotatable bonds is 4. The highest BCUT2D eigenvalue weighted by atomic mass is 19.4. The quantitative estimate of drug-likeness (QED) is 0.830. The third kappa shape index (κ3) is 2.71. The average molecular weight is 344 g/mol. The zero-order valence-corrected chi connectivity index (χ0v) is 12.9. The first-order valence-corrected chi connectivity index (χ1v) is 6.89. The van der Waals surface area contributed by atoms with Crippen LogP contribution in [-0.2, 0) is 19.8 Å². The summed E-state index contributed by atoms with van der Waals surface area (Å²) in [7, 11) is 1.14. The molecule has 0 spiro atoms. The molecule has 2 rings (SSSR count). The number of H-pyrrole nitrogens is 1. The van der Waals surface area contributed by atoms with Gasteiger partial charge in [-0.05, 0) is 25.1 Å². The van der Waals surface area contributed by atoms with Crippen LogP contribution in [0.4, 0.5) is 13.2 Å². The number of aromatic nitrogens is 1. The summed E-state index contributed by atoms with van der Waals surface area (Å²) in [5.74, 6) is -2.35. The van der Waals surface area contributed by atoms with Gasteiger partial charge in [0.2, 0.25) is 5.54 Å². The Hall–Kier alpha value is -2.55. The van der Waals surface area contributed by atoms with E-state index in [-0.39, 0.29) is 23.1 Å². The largest absolute Gasteiger partial charge is 0.465 e. The lowest BCUT2D eigenvalue weighted by atomic mass is 9.89. The van der Waals surface area contributed by atoms with Crippen molar-refractivity contribution in [3.8, 4) is 0 Å². The molecule has 0 aliphatic heterocycles. The third-order valence-corrected chi connectivity index (χ3v) is 3.57. The first-order chi connectivity index (χ1) is 11.2. The molecular formula is C15H15F3N2O4. The van der Waals surface area contributed by atoms with Crippen molar-refractivity contribution in [2.75, 3.05) is 13.7 Å². The molecule has 0 aliphatic carbocycles. The second-order valence-corrected chi connectivity index (χ2v) is 4.98. The number of nitrogens with one attached hydrogen (secondary N) is 1. The van der Waals surface area contributed by atoms with Gasteiger partial charge in [0.1, 0.15) is 0 Å². The van der Waals surface area contributed by atoms with Crippen LogP contribution >= 0.6 is 0 Å². The van der Waals surface area contributed by atoms with Gasteiger partial charge in [0.05, 0.1) is 19.3 Å². The Kier molecular flexibility index (Phi) is 4.57. The summed E-state index contributed by atoms with van der Waals surface area (Å²) in [5.41, 5.74) is 1.87. The van der Waals surface area contributed by atoms with Crippen LogP contribution in [-0.4, -0.2) is 36.8 Å². The number of nitrogens with two attached hydrogens (primary N) is 1. The van der Waals surface area contributed by atoms with E-state index < -0.39 is 29.2 Å². The fourth-order valence-electron chi connectivity index (χ4n) is 2.32. The summed E-state index contributed by atoms with van der Waals surface area (Å²) in [4.78, 5) is 26.2. The van der Waals surface area contributed by atoms with Crippen LogP contribution in [0.2, 0.25) is 0 Å². The van der Waals surface area contributed by atoms with Gasteiger partial charge in [-0.1, -0.05) is 0 Å². The monoisotopic (exact) mass is 344 g/mol. The highest BCUT2D eigenvalue weighted by molar-refractivity contribution is 5.98. The van der Waals surface area contributed by atoms with E-state index in [0.717, 1.165) is 13.3 Å². The second-order valence-electron chi connectivity index (χ2n) is 4.98. The fraction of sp³-hybridized carbons (Fsp3) is 0.333. The summed E-state index contributed by atoms with van der Waals surface area (Å²) < 4.78 is 49.8. The van der Waals surface area contributed by atoms with Crippen molar-refractivity contribution >= 4 is 22.8 Å². The molecule has 0 amide bonds. The van der Waals surface area contributed by atoms with Crippen LogP contribution in [0.1, 0.15) is 22.8 Å². The van der Waals surface area contributed by atoms with Gasteiger partial charge in [0, 0.05) is 22.7 Å². The maximum absolute atomic E-state index is 13.6. The van der Waals surface area contributed by atoms with E-state index in [1.807, 2.05) is 0 Å². The normalized spacial score (nSPS) is 14.2. The van der Waals surface area contributed by atoms with Crippen molar-refractivity contribution in [3.05, 3.63) is 35.5 Å². The molecule has 130 valence electrons. The van der Waals surface area contributed by atoms with Gasteiger partial charge in [-0.25, -0.2) is 9.59 Å². The minimum absolute atomic E-state index is 0.0224. The van der Waals surface area contributed by atoms with Crippen LogP contribution in [0.5, 0.6) is 0 Å². The van der Waals surface area contributed by atoms with E-state index >= 15 is 0 Å². The predicted octanol–water partition coefficient (Wildman–Crippen LogP) is 2.23. The van der Waals surface area contributed by atoms with E-state index in [1.165, 1.54) is 25.1 Å². The van der Waals surface area contributed by atoms with Gasteiger partial charge in [0.15, 0.2) is 0 Å². The minimum Gasteiger partial charge on any atom is -0.465 e. The number of hydrogen-bond donors (Lipinski definition) is 2. The van der Waals surface area contributed by atoms with Crippen molar-refractivity contribution in [2.45, 2.75) is 18.6 Å². The molecule has 0 fully saturated rings. The summed E-state index contributed by atoms with van der Waals surface area (Å²) >= 11 is 0. The first kappa shape index (κ1) is 17.8. The van der Waals surface area contributed by atoms with E-state index in [2.05, 4.69) is 14.5 Å². The molecule has 1 unspecified atom stereocenters. The molecule has 2 aromatic rings. The number of fused-ring (bicyclic) bond motifs is 1.